The lowest BCUT2D eigenvalue weighted by Gasteiger charge is -2.33. The number of methoxy groups -OCH3 is 2. The Morgan fingerprint density at radius 2 is 1.32 bits per heavy atom. The van der Waals surface area contributed by atoms with Crippen LogP contribution in [-0.2, 0) is 41.5 Å². The number of H-pyrrole nitrogens is 1. The highest BCUT2D eigenvalue weighted by atomic mass is 16.5. The van der Waals surface area contributed by atoms with Gasteiger partial charge in [-0.05, 0) is 125 Å². The lowest BCUT2D eigenvalue weighted by atomic mass is 9.72. The number of hydrogen-bond acceptors (Lipinski definition) is 9. The minimum absolute atomic E-state index is 0.00509. The summed E-state index contributed by atoms with van der Waals surface area (Å²) in [5.41, 5.74) is 11.3. The predicted octanol–water partition coefficient (Wildman–Crippen LogP) is 10.2. The molecule has 2 saturated heterocycles. The van der Waals surface area contributed by atoms with E-state index in [-0.39, 0.29) is 65.5 Å². The predicted molar refractivity (Wildman–Crippen MR) is 269 cm³/mol. The summed E-state index contributed by atoms with van der Waals surface area (Å²) < 4.78 is 9.88. The average Bonchev–Trinajstić information content (AvgIpc) is 4.21. The molecule has 4 heterocycles. The van der Waals surface area contributed by atoms with E-state index in [2.05, 4.69) is 47.4 Å². The molecule has 12 nitrogen and oxygen atoms in total. The maximum absolute atomic E-state index is 14.0. The number of aliphatic imine (C=N–C) groups is 1. The van der Waals surface area contributed by atoms with Crippen LogP contribution in [0.2, 0.25) is 0 Å². The number of ether oxygens (including phenoxy) is 2. The van der Waals surface area contributed by atoms with Crippen molar-refractivity contribution < 1.29 is 28.7 Å². The standard InChI is InChI=1S/C57H69N5O7/c1-7-35(4)43(30-52(64)69-6)56(67)62-26-12-14-50(62)53-59-47-22-19-38(27-44(47)54(65)60-53)41-21-20-40(45-31-57(32-46(41)45)23-9-8-10-24-57)37-17-15-36(16-18-37)39-28-48(58-33-39)49-13-11-25-61(49)55(66)42(34(2)3)29-51(63)68-5/h15-22,27,33-35,42-43,49-50H,7-14,23-26,28-32H2,1-6H3,(H,59,60,65)/t35-,42-,43+,49+,50-/m0/s1. The van der Waals surface area contributed by atoms with Crippen LogP contribution in [0.4, 0.5) is 0 Å². The molecule has 1 N–H and O–H groups in total. The van der Waals surface area contributed by atoms with Gasteiger partial charge in [-0.25, -0.2) is 4.98 Å². The summed E-state index contributed by atoms with van der Waals surface area (Å²) in [7, 11) is 2.72. The third-order valence-electron chi connectivity index (χ3n) is 16.6. The van der Waals surface area contributed by atoms with Gasteiger partial charge in [-0.3, -0.25) is 29.0 Å². The Labute approximate surface area is 406 Å². The van der Waals surface area contributed by atoms with E-state index in [1.807, 2.05) is 55.8 Å². The summed E-state index contributed by atoms with van der Waals surface area (Å²) in [5, 5.41) is 0.521. The Morgan fingerprint density at radius 3 is 1.96 bits per heavy atom. The fourth-order valence-electron chi connectivity index (χ4n) is 12.3. The van der Waals surface area contributed by atoms with Crippen molar-refractivity contribution in [3.8, 4) is 22.3 Å². The summed E-state index contributed by atoms with van der Waals surface area (Å²) in [6.45, 7) is 9.22. The molecule has 0 radical (unpaired) electrons. The molecule has 1 aromatic heterocycles. The monoisotopic (exact) mass is 936 g/mol. The molecule has 9 rings (SSSR count). The minimum atomic E-state index is -0.503. The van der Waals surface area contributed by atoms with Crippen molar-refractivity contribution in [1.29, 1.82) is 0 Å². The number of likely N-dealkylation sites (tertiary alicyclic amines) is 2. The zero-order valence-corrected chi connectivity index (χ0v) is 41.4. The molecule has 0 bridgehead atoms. The molecular weight excluding hydrogens is 867 g/mol. The van der Waals surface area contributed by atoms with Crippen LogP contribution in [0.15, 0.2) is 70.6 Å². The maximum Gasteiger partial charge on any atom is 0.306 e. The van der Waals surface area contributed by atoms with E-state index >= 15 is 0 Å². The number of rotatable bonds is 14. The molecule has 5 atom stereocenters. The maximum atomic E-state index is 14.0. The number of allylic oxidation sites excluding steroid dienone is 1. The van der Waals surface area contributed by atoms with E-state index in [4.69, 9.17) is 19.5 Å². The molecule has 2 aliphatic carbocycles. The number of carbonyl (C=O) groups is 4. The zero-order chi connectivity index (χ0) is 48.6. The number of aromatic amines is 1. The summed E-state index contributed by atoms with van der Waals surface area (Å²) in [6.07, 6.45) is 15.0. The van der Waals surface area contributed by atoms with Crippen molar-refractivity contribution in [2.45, 2.75) is 136 Å². The topological polar surface area (TPSA) is 151 Å². The molecule has 0 unspecified atom stereocenters. The second kappa shape index (κ2) is 20.2. The average molecular weight is 936 g/mol. The van der Waals surface area contributed by atoms with Gasteiger partial charge in [0, 0.05) is 31.4 Å². The Hall–Kier alpha value is -5.91. The number of esters is 2. The van der Waals surface area contributed by atoms with E-state index in [0.29, 0.717) is 42.7 Å². The summed E-state index contributed by atoms with van der Waals surface area (Å²) >= 11 is 0. The first-order chi connectivity index (χ1) is 33.3. The molecule has 69 heavy (non-hydrogen) atoms. The van der Waals surface area contributed by atoms with Crippen LogP contribution in [0, 0.1) is 29.1 Å². The Morgan fingerprint density at radius 1 is 0.739 bits per heavy atom. The van der Waals surface area contributed by atoms with Gasteiger partial charge in [0.25, 0.3) is 5.56 Å². The highest BCUT2D eigenvalue weighted by Crippen LogP contribution is 2.52. The van der Waals surface area contributed by atoms with Crippen LogP contribution in [0.5, 0.6) is 0 Å². The normalized spacial score (nSPS) is 21.0. The second-order valence-electron chi connectivity index (χ2n) is 21.0. The van der Waals surface area contributed by atoms with Crippen molar-refractivity contribution in [2.24, 2.45) is 34.1 Å². The van der Waals surface area contributed by atoms with E-state index in [9.17, 15) is 24.0 Å². The molecule has 12 heteroatoms. The number of aromatic nitrogens is 2. The van der Waals surface area contributed by atoms with E-state index in [0.717, 1.165) is 66.5 Å². The number of nitrogens with one attached hydrogen (secondary N) is 1. The van der Waals surface area contributed by atoms with Crippen LogP contribution >= 0.6 is 0 Å². The molecule has 364 valence electrons. The molecule has 3 fully saturated rings. The number of hydrogen-bond donors (Lipinski definition) is 1. The first kappa shape index (κ1) is 48.1. The number of amides is 2. The van der Waals surface area contributed by atoms with Gasteiger partial charge in [-0.1, -0.05) is 95.8 Å². The number of benzene rings is 3. The van der Waals surface area contributed by atoms with Gasteiger partial charge in [-0.2, -0.15) is 0 Å². The van der Waals surface area contributed by atoms with Crippen LogP contribution in [0.25, 0.3) is 38.7 Å². The lowest BCUT2D eigenvalue weighted by Crippen LogP contribution is -2.45. The van der Waals surface area contributed by atoms with E-state index < -0.39 is 17.8 Å². The Balaban J connectivity index is 0.955. The van der Waals surface area contributed by atoms with Gasteiger partial charge in [0.15, 0.2) is 0 Å². The fraction of sp³-hybridized carbons (Fsp3) is 0.526. The Bertz CT molecular complexity index is 2750. The number of nitrogens with zero attached hydrogens (tertiary/aromatic N) is 4. The zero-order valence-electron chi connectivity index (χ0n) is 41.4. The molecular formula is C57H69N5O7. The SMILES string of the molecule is CC[C@H](C)[C@@H](CC(=O)OC)C(=O)N1CCC[C@H]1c1nc2ccc(-c3ccc(-c4ccc(C5=CN=C([C@H]6CCCN6C(=O)[C@@H](CC(=O)OC)C(C)C)C5)cc4)c4c3CC3(CCCCC3)C4)cc2c(=O)[nH]1. The summed E-state index contributed by atoms with van der Waals surface area (Å²) in [6, 6.07) is 19.0. The molecule has 4 aromatic rings. The largest absolute Gasteiger partial charge is 0.469 e. The van der Waals surface area contributed by atoms with Crippen molar-refractivity contribution >= 4 is 45.9 Å². The van der Waals surface area contributed by atoms with Crippen molar-refractivity contribution in [1.82, 2.24) is 19.8 Å². The molecule has 2 amide bonds. The van der Waals surface area contributed by atoms with Crippen molar-refractivity contribution in [3.05, 3.63) is 93.7 Å². The third kappa shape index (κ3) is 9.57. The van der Waals surface area contributed by atoms with Gasteiger partial charge in [0.2, 0.25) is 11.8 Å². The Kier molecular flexibility index (Phi) is 14.1. The fourth-order valence-corrected chi connectivity index (χ4v) is 12.3. The van der Waals surface area contributed by atoms with Gasteiger partial charge in [0.1, 0.15) is 5.82 Å². The summed E-state index contributed by atoms with van der Waals surface area (Å²) in [4.78, 5) is 83.2. The first-order valence-corrected chi connectivity index (χ1v) is 25.6. The van der Waals surface area contributed by atoms with Gasteiger partial charge < -0.3 is 24.3 Å². The minimum Gasteiger partial charge on any atom is -0.469 e. The molecule has 1 saturated carbocycles. The van der Waals surface area contributed by atoms with Gasteiger partial charge in [-0.15, -0.1) is 0 Å². The lowest BCUT2D eigenvalue weighted by molar-refractivity contribution is -0.148. The van der Waals surface area contributed by atoms with Gasteiger partial charge in [0.05, 0.1) is 61.9 Å². The van der Waals surface area contributed by atoms with Crippen molar-refractivity contribution in [2.75, 3.05) is 27.3 Å². The number of fused-ring (bicyclic) bond motifs is 2. The van der Waals surface area contributed by atoms with Gasteiger partial charge >= 0.3 is 11.9 Å². The van der Waals surface area contributed by atoms with Crippen LogP contribution in [-0.4, -0.2) is 82.6 Å². The number of carbonyl (C=O) groups excluding carboxylic acids is 4. The van der Waals surface area contributed by atoms with Crippen LogP contribution in [0.3, 0.4) is 0 Å². The highest BCUT2D eigenvalue weighted by Gasteiger charge is 2.42. The quantitative estimate of drug-likeness (QED) is 0.123. The van der Waals surface area contributed by atoms with Crippen molar-refractivity contribution in [3.63, 3.8) is 0 Å². The molecule has 3 aliphatic heterocycles. The molecule has 1 spiro atoms. The van der Waals surface area contributed by atoms with E-state index in [1.165, 1.54) is 68.6 Å². The van der Waals surface area contributed by atoms with E-state index in [1.54, 1.807) is 0 Å². The molecule has 3 aromatic carbocycles. The molecule has 5 aliphatic rings. The highest BCUT2D eigenvalue weighted by molar-refractivity contribution is 6.03. The third-order valence-corrected chi connectivity index (χ3v) is 16.6. The first-order valence-electron chi connectivity index (χ1n) is 25.6. The smallest absolute Gasteiger partial charge is 0.306 e. The second-order valence-corrected chi connectivity index (χ2v) is 21.0. The van der Waals surface area contributed by atoms with Crippen LogP contribution < -0.4 is 5.56 Å². The van der Waals surface area contributed by atoms with Crippen LogP contribution in [0.1, 0.15) is 140 Å². The summed E-state index contributed by atoms with van der Waals surface area (Å²) in [5.74, 6) is -1.26.